The van der Waals surface area contributed by atoms with Gasteiger partial charge in [-0.3, -0.25) is 9.59 Å². The number of morpholine rings is 1. The maximum atomic E-state index is 13.0. The molecule has 0 saturated carbocycles. The van der Waals surface area contributed by atoms with Gasteiger partial charge in [-0.25, -0.2) is 4.79 Å². The van der Waals surface area contributed by atoms with E-state index in [2.05, 4.69) is 0 Å². The van der Waals surface area contributed by atoms with Crippen LogP contribution in [0.1, 0.15) is 27.1 Å². The highest BCUT2D eigenvalue weighted by Crippen LogP contribution is 2.28. The molecule has 2 fully saturated rings. The number of benzene rings is 1. The second kappa shape index (κ2) is 6.48. The third-order valence-corrected chi connectivity index (χ3v) is 4.29. The molecule has 1 aromatic rings. The molecule has 2 heterocycles. The predicted octanol–water partition coefficient (Wildman–Crippen LogP) is 0.424. The van der Waals surface area contributed by atoms with Crippen molar-refractivity contribution in [2.24, 2.45) is 0 Å². The van der Waals surface area contributed by atoms with Crippen molar-refractivity contribution in [3.05, 3.63) is 29.3 Å². The van der Waals surface area contributed by atoms with E-state index in [-0.39, 0.29) is 48.3 Å². The minimum Gasteiger partial charge on any atom is -0.495 e. The molecule has 3 rings (SSSR count). The molecule has 1 atom stereocenters. The molecular weight excluding hydrogens is 316 g/mol. The van der Waals surface area contributed by atoms with Crippen LogP contribution in [-0.2, 0) is 9.53 Å². The molecule has 8 nitrogen and oxygen atoms in total. The van der Waals surface area contributed by atoms with E-state index in [1.165, 1.54) is 25.3 Å². The first-order chi connectivity index (χ1) is 11.5. The van der Waals surface area contributed by atoms with Crippen LogP contribution in [0.5, 0.6) is 5.75 Å². The maximum Gasteiger partial charge on any atom is 0.339 e. The smallest absolute Gasteiger partial charge is 0.339 e. The van der Waals surface area contributed by atoms with Crippen LogP contribution in [0.25, 0.3) is 0 Å². The lowest BCUT2D eigenvalue weighted by Crippen LogP contribution is -2.62. The van der Waals surface area contributed by atoms with Gasteiger partial charge in [0.1, 0.15) is 17.5 Å². The summed E-state index contributed by atoms with van der Waals surface area (Å²) in [5.41, 5.74) is 0.0884. The van der Waals surface area contributed by atoms with Crippen LogP contribution in [0.2, 0.25) is 0 Å². The van der Waals surface area contributed by atoms with E-state index < -0.39 is 12.1 Å². The Kier molecular flexibility index (Phi) is 4.39. The number of carbonyl (C=O) groups excluding carboxylic acids is 2. The topological polar surface area (TPSA) is 96.4 Å². The Hall–Kier alpha value is -2.61. The van der Waals surface area contributed by atoms with Crippen molar-refractivity contribution in [2.75, 3.05) is 33.4 Å². The highest BCUT2D eigenvalue weighted by molar-refractivity contribution is 6.02. The average Bonchev–Trinajstić information content (AvgIpc) is 2.61. The number of para-hydroxylation sites is 1. The Balaban J connectivity index is 1.95. The van der Waals surface area contributed by atoms with Crippen LogP contribution in [0.15, 0.2) is 18.2 Å². The van der Waals surface area contributed by atoms with Gasteiger partial charge in [-0.1, -0.05) is 6.07 Å². The molecule has 2 amide bonds. The molecule has 0 bridgehead atoms. The quantitative estimate of drug-likeness (QED) is 0.861. The maximum absolute atomic E-state index is 13.0. The molecule has 0 aliphatic carbocycles. The molecular formula is C16H18N2O6. The van der Waals surface area contributed by atoms with Gasteiger partial charge in [0.05, 0.1) is 25.9 Å². The Morgan fingerprint density at radius 3 is 2.75 bits per heavy atom. The van der Waals surface area contributed by atoms with Crippen molar-refractivity contribution in [3.63, 3.8) is 0 Å². The van der Waals surface area contributed by atoms with Gasteiger partial charge in [0, 0.05) is 19.5 Å². The molecule has 2 aliphatic heterocycles. The Morgan fingerprint density at radius 1 is 1.29 bits per heavy atom. The summed E-state index contributed by atoms with van der Waals surface area (Å²) in [6.45, 7) is 1.41. The van der Waals surface area contributed by atoms with E-state index in [0.29, 0.717) is 13.2 Å². The summed E-state index contributed by atoms with van der Waals surface area (Å²) in [5.74, 6) is -1.52. The van der Waals surface area contributed by atoms with Crippen molar-refractivity contribution in [3.8, 4) is 5.75 Å². The third kappa shape index (κ3) is 2.69. The minimum atomic E-state index is -1.17. The van der Waals surface area contributed by atoms with Gasteiger partial charge in [0.25, 0.3) is 5.91 Å². The number of hydrogen-bond acceptors (Lipinski definition) is 5. The minimum absolute atomic E-state index is 0.00129. The lowest BCUT2D eigenvalue weighted by atomic mass is 10.1. The molecule has 8 heteroatoms. The van der Waals surface area contributed by atoms with E-state index in [4.69, 9.17) is 9.47 Å². The highest BCUT2D eigenvalue weighted by atomic mass is 16.5. The number of carboxylic acids is 1. The van der Waals surface area contributed by atoms with Crippen molar-refractivity contribution in [2.45, 2.75) is 12.6 Å². The predicted molar refractivity (Wildman–Crippen MR) is 81.9 cm³/mol. The van der Waals surface area contributed by atoms with E-state index in [1.54, 1.807) is 9.80 Å². The third-order valence-electron chi connectivity index (χ3n) is 4.29. The van der Waals surface area contributed by atoms with Crippen LogP contribution in [0.4, 0.5) is 0 Å². The number of methoxy groups -OCH3 is 1. The number of amides is 2. The molecule has 0 radical (unpaired) electrons. The van der Waals surface area contributed by atoms with Gasteiger partial charge in [-0.15, -0.1) is 0 Å². The molecule has 1 N–H and O–H groups in total. The van der Waals surface area contributed by atoms with Gasteiger partial charge in [0.2, 0.25) is 5.91 Å². The van der Waals surface area contributed by atoms with Crippen LogP contribution >= 0.6 is 0 Å². The van der Waals surface area contributed by atoms with Gasteiger partial charge in [0.15, 0.2) is 0 Å². The number of carbonyl (C=O) groups is 3. The molecule has 128 valence electrons. The van der Waals surface area contributed by atoms with Gasteiger partial charge in [-0.05, 0) is 12.1 Å². The van der Waals surface area contributed by atoms with E-state index in [0.717, 1.165) is 0 Å². The zero-order valence-corrected chi connectivity index (χ0v) is 13.2. The average molecular weight is 334 g/mol. The van der Waals surface area contributed by atoms with Crippen molar-refractivity contribution < 1.29 is 29.0 Å². The fourth-order valence-corrected chi connectivity index (χ4v) is 3.13. The van der Waals surface area contributed by atoms with Crippen LogP contribution in [0, 0.1) is 0 Å². The summed E-state index contributed by atoms with van der Waals surface area (Å²) in [4.78, 5) is 39.5. The SMILES string of the molecule is COc1c(C(=O)O)cccc1C(=O)N1CCC(=O)N2CCOCC21. The molecule has 2 saturated heterocycles. The lowest BCUT2D eigenvalue weighted by molar-refractivity contribution is -0.154. The molecule has 0 aromatic heterocycles. The molecule has 0 spiro atoms. The fourth-order valence-electron chi connectivity index (χ4n) is 3.13. The zero-order valence-electron chi connectivity index (χ0n) is 13.2. The summed E-state index contributed by atoms with van der Waals surface area (Å²) < 4.78 is 10.6. The van der Waals surface area contributed by atoms with Crippen LogP contribution < -0.4 is 4.74 Å². The number of nitrogens with zero attached hydrogens (tertiary/aromatic N) is 2. The van der Waals surface area contributed by atoms with Gasteiger partial charge < -0.3 is 24.4 Å². The number of carboxylic acid groups (broad SMARTS) is 1. The second-order valence-electron chi connectivity index (χ2n) is 5.58. The van der Waals surface area contributed by atoms with Crippen LogP contribution in [-0.4, -0.2) is 72.3 Å². The molecule has 1 aromatic carbocycles. The first kappa shape index (κ1) is 16.3. The number of hydrogen-bond donors (Lipinski definition) is 1. The molecule has 24 heavy (non-hydrogen) atoms. The Labute approximate surface area is 138 Å². The van der Waals surface area contributed by atoms with Crippen molar-refractivity contribution in [1.29, 1.82) is 0 Å². The number of rotatable bonds is 3. The number of fused-ring (bicyclic) bond motifs is 1. The van der Waals surface area contributed by atoms with Crippen molar-refractivity contribution in [1.82, 2.24) is 9.80 Å². The first-order valence-corrected chi connectivity index (χ1v) is 7.63. The van der Waals surface area contributed by atoms with E-state index in [9.17, 15) is 19.5 Å². The summed E-state index contributed by atoms with van der Waals surface area (Å²) in [7, 11) is 1.33. The van der Waals surface area contributed by atoms with E-state index >= 15 is 0 Å². The summed E-state index contributed by atoms with van der Waals surface area (Å²) >= 11 is 0. The van der Waals surface area contributed by atoms with Gasteiger partial charge in [-0.2, -0.15) is 0 Å². The number of aromatic carboxylic acids is 1. The molecule has 1 unspecified atom stereocenters. The summed E-state index contributed by atoms with van der Waals surface area (Å²) in [6.07, 6.45) is -0.228. The Bertz CT molecular complexity index is 689. The van der Waals surface area contributed by atoms with Crippen LogP contribution in [0.3, 0.4) is 0 Å². The largest absolute Gasteiger partial charge is 0.495 e. The zero-order chi connectivity index (χ0) is 17.3. The monoisotopic (exact) mass is 334 g/mol. The summed E-state index contributed by atoms with van der Waals surface area (Å²) in [5, 5.41) is 9.26. The highest BCUT2D eigenvalue weighted by Gasteiger charge is 2.39. The molecule has 2 aliphatic rings. The van der Waals surface area contributed by atoms with Gasteiger partial charge >= 0.3 is 5.97 Å². The van der Waals surface area contributed by atoms with E-state index in [1.807, 2.05) is 0 Å². The second-order valence-corrected chi connectivity index (χ2v) is 5.58. The van der Waals surface area contributed by atoms with Crippen molar-refractivity contribution >= 4 is 17.8 Å². The summed E-state index contributed by atoms with van der Waals surface area (Å²) in [6, 6.07) is 4.41. The fraction of sp³-hybridized carbons (Fsp3) is 0.438. The lowest BCUT2D eigenvalue weighted by Gasteiger charge is -2.45. The standard InChI is InChI=1S/C16H18N2O6/c1-23-14-10(3-2-4-11(14)16(21)22)15(20)18-6-5-13(19)17-7-8-24-9-12(17)18/h2-4,12H,5-9H2,1H3,(H,21,22). The number of ether oxygens (including phenoxy) is 2. The first-order valence-electron chi connectivity index (χ1n) is 7.63. The normalized spacial score (nSPS) is 20.5. The Morgan fingerprint density at radius 2 is 2.04 bits per heavy atom.